The summed E-state index contributed by atoms with van der Waals surface area (Å²) in [5, 5.41) is 0. The van der Waals surface area contributed by atoms with Crippen LogP contribution in [0.5, 0.6) is 0 Å². The van der Waals surface area contributed by atoms with Gasteiger partial charge in [-0.25, -0.2) is 8.78 Å². The number of H-pyrrole nitrogens is 1. The standard InChI is InChI=1S/C7H5F2IN2O2/c8-6(9)4-3(10)5(13)2(1-12-4)7(11)14/h1,6H,(H2,11,14)(H,12,13). The fourth-order valence-corrected chi connectivity index (χ4v) is 1.54. The van der Waals surface area contributed by atoms with E-state index in [1.807, 2.05) is 0 Å². The quantitative estimate of drug-likeness (QED) is 0.800. The largest absolute Gasteiger partial charge is 0.365 e. The molecule has 4 nitrogen and oxygen atoms in total. The van der Waals surface area contributed by atoms with Crippen molar-refractivity contribution in [2.75, 3.05) is 0 Å². The third-order valence-corrected chi connectivity index (χ3v) is 2.61. The molecule has 1 heterocycles. The maximum absolute atomic E-state index is 12.2. The van der Waals surface area contributed by atoms with Gasteiger partial charge in [0.25, 0.3) is 12.3 Å². The van der Waals surface area contributed by atoms with Crippen molar-refractivity contribution in [3.63, 3.8) is 0 Å². The number of nitrogens with two attached hydrogens (primary N) is 1. The fraction of sp³-hybridized carbons (Fsp3) is 0.143. The molecule has 1 aromatic heterocycles. The predicted octanol–water partition coefficient (Wildman–Crippen LogP) is 1.02. The van der Waals surface area contributed by atoms with E-state index in [9.17, 15) is 18.4 Å². The molecule has 0 fully saturated rings. The van der Waals surface area contributed by atoms with Crippen LogP contribution in [0, 0.1) is 3.57 Å². The highest BCUT2D eigenvalue weighted by Crippen LogP contribution is 2.19. The van der Waals surface area contributed by atoms with Crippen molar-refractivity contribution in [3.8, 4) is 0 Å². The lowest BCUT2D eigenvalue weighted by Gasteiger charge is -2.03. The van der Waals surface area contributed by atoms with Crippen LogP contribution >= 0.6 is 22.6 Å². The van der Waals surface area contributed by atoms with E-state index in [2.05, 4.69) is 4.98 Å². The summed E-state index contributed by atoms with van der Waals surface area (Å²) in [7, 11) is 0. The van der Waals surface area contributed by atoms with Gasteiger partial charge in [-0.3, -0.25) is 9.59 Å². The Morgan fingerprint density at radius 3 is 2.57 bits per heavy atom. The van der Waals surface area contributed by atoms with Gasteiger partial charge in [0.2, 0.25) is 5.43 Å². The fourth-order valence-electron chi connectivity index (χ4n) is 0.861. The van der Waals surface area contributed by atoms with Crippen molar-refractivity contribution in [2.45, 2.75) is 6.43 Å². The van der Waals surface area contributed by atoms with Gasteiger partial charge in [-0.2, -0.15) is 0 Å². The molecule has 0 aliphatic rings. The molecular weight excluding hydrogens is 309 g/mol. The van der Waals surface area contributed by atoms with Crippen LogP contribution in [-0.2, 0) is 0 Å². The number of carbonyl (C=O) groups is 1. The average molecular weight is 314 g/mol. The average Bonchev–Trinajstić information content (AvgIpc) is 2.08. The molecule has 76 valence electrons. The first kappa shape index (κ1) is 11.1. The lowest BCUT2D eigenvalue weighted by Crippen LogP contribution is -2.25. The molecule has 0 saturated carbocycles. The highest BCUT2D eigenvalue weighted by molar-refractivity contribution is 14.1. The summed E-state index contributed by atoms with van der Waals surface area (Å²) in [6.45, 7) is 0. The van der Waals surface area contributed by atoms with Crippen LogP contribution in [0.25, 0.3) is 0 Å². The number of pyridine rings is 1. The molecule has 1 rings (SSSR count). The smallest absolute Gasteiger partial charge is 0.279 e. The Morgan fingerprint density at radius 2 is 2.14 bits per heavy atom. The number of carbonyl (C=O) groups excluding carboxylic acids is 1. The number of halogens is 3. The van der Waals surface area contributed by atoms with E-state index in [4.69, 9.17) is 5.73 Å². The molecule has 0 atom stereocenters. The van der Waals surface area contributed by atoms with Gasteiger partial charge in [-0.05, 0) is 22.6 Å². The summed E-state index contributed by atoms with van der Waals surface area (Å²) in [5.41, 5.74) is 3.27. The highest BCUT2D eigenvalue weighted by atomic mass is 127. The molecule has 0 unspecified atom stereocenters. The Labute approximate surface area is 90.6 Å². The first-order valence-electron chi connectivity index (χ1n) is 3.44. The Hall–Kier alpha value is -0.990. The van der Waals surface area contributed by atoms with Crippen LogP contribution in [0.1, 0.15) is 22.5 Å². The molecule has 1 aromatic rings. The first-order valence-corrected chi connectivity index (χ1v) is 4.52. The molecule has 7 heteroatoms. The third kappa shape index (κ3) is 1.91. The number of alkyl halides is 2. The van der Waals surface area contributed by atoms with Gasteiger partial charge in [0.15, 0.2) is 0 Å². The van der Waals surface area contributed by atoms with Crippen molar-refractivity contribution in [1.29, 1.82) is 0 Å². The maximum atomic E-state index is 12.2. The molecule has 0 radical (unpaired) electrons. The van der Waals surface area contributed by atoms with Crippen LogP contribution in [0.2, 0.25) is 0 Å². The summed E-state index contributed by atoms with van der Waals surface area (Å²) < 4.78 is 24.3. The van der Waals surface area contributed by atoms with E-state index in [-0.39, 0.29) is 9.13 Å². The van der Waals surface area contributed by atoms with Gasteiger partial charge < -0.3 is 10.7 Å². The molecule has 3 N–H and O–H groups in total. The number of aromatic amines is 1. The molecule has 0 aliphatic carbocycles. The summed E-state index contributed by atoms with van der Waals surface area (Å²) in [5.74, 6) is -0.940. The Balaban J connectivity index is 3.42. The van der Waals surface area contributed by atoms with Gasteiger partial charge in [-0.1, -0.05) is 0 Å². The number of hydrogen-bond donors (Lipinski definition) is 2. The molecule has 0 aliphatic heterocycles. The van der Waals surface area contributed by atoms with Gasteiger partial charge >= 0.3 is 0 Å². The van der Waals surface area contributed by atoms with E-state index in [0.717, 1.165) is 6.20 Å². The summed E-state index contributed by atoms with van der Waals surface area (Å²) >= 11 is 1.45. The normalized spacial score (nSPS) is 10.6. The van der Waals surface area contributed by atoms with Gasteiger partial charge in [0.05, 0.1) is 9.26 Å². The van der Waals surface area contributed by atoms with Crippen molar-refractivity contribution in [3.05, 3.63) is 31.2 Å². The van der Waals surface area contributed by atoms with E-state index >= 15 is 0 Å². The van der Waals surface area contributed by atoms with Crippen LogP contribution in [-0.4, -0.2) is 10.9 Å². The molecule has 0 saturated heterocycles. The molecule has 0 spiro atoms. The molecular formula is C7H5F2IN2O2. The Kier molecular flexibility index (Phi) is 3.19. The van der Waals surface area contributed by atoms with E-state index in [1.54, 1.807) is 0 Å². The second-order valence-corrected chi connectivity index (χ2v) is 3.50. The van der Waals surface area contributed by atoms with Gasteiger partial charge in [0, 0.05) is 6.20 Å². The summed E-state index contributed by atoms with van der Waals surface area (Å²) in [6, 6.07) is 0. The number of hydrogen-bond acceptors (Lipinski definition) is 2. The summed E-state index contributed by atoms with van der Waals surface area (Å²) in [6.07, 6.45) is -1.88. The lowest BCUT2D eigenvalue weighted by atomic mass is 10.2. The SMILES string of the molecule is NC(=O)c1c[nH]c(C(F)F)c(I)c1=O. The van der Waals surface area contributed by atoms with E-state index in [0.29, 0.717) is 0 Å². The van der Waals surface area contributed by atoms with Gasteiger partial charge in [-0.15, -0.1) is 0 Å². The van der Waals surface area contributed by atoms with Crippen LogP contribution in [0.15, 0.2) is 11.0 Å². The topological polar surface area (TPSA) is 76.0 Å². The zero-order valence-electron chi connectivity index (χ0n) is 6.68. The van der Waals surface area contributed by atoms with Crippen molar-refractivity contribution in [2.24, 2.45) is 5.73 Å². The number of primary amides is 1. The van der Waals surface area contributed by atoms with Crippen LogP contribution < -0.4 is 11.2 Å². The Morgan fingerprint density at radius 1 is 1.57 bits per heavy atom. The molecule has 1 amide bonds. The Bertz CT molecular complexity index is 430. The number of nitrogens with one attached hydrogen (secondary N) is 1. The minimum absolute atomic E-state index is 0.214. The maximum Gasteiger partial charge on any atom is 0.279 e. The lowest BCUT2D eigenvalue weighted by molar-refractivity contribution is 0.0997. The van der Waals surface area contributed by atoms with Crippen molar-refractivity contribution < 1.29 is 13.6 Å². The van der Waals surface area contributed by atoms with E-state index in [1.165, 1.54) is 22.6 Å². The summed E-state index contributed by atoms with van der Waals surface area (Å²) in [4.78, 5) is 24.1. The predicted molar refractivity (Wildman–Crippen MR) is 53.3 cm³/mol. The van der Waals surface area contributed by atoms with Crippen LogP contribution in [0.4, 0.5) is 8.78 Å². The first-order chi connectivity index (χ1) is 6.45. The molecule has 0 aromatic carbocycles. The van der Waals surface area contributed by atoms with Crippen molar-refractivity contribution in [1.82, 2.24) is 4.98 Å². The van der Waals surface area contributed by atoms with Crippen molar-refractivity contribution >= 4 is 28.5 Å². The zero-order valence-corrected chi connectivity index (χ0v) is 8.84. The second kappa shape index (κ2) is 4.03. The third-order valence-electron chi connectivity index (χ3n) is 1.54. The number of rotatable bonds is 2. The number of amides is 1. The minimum Gasteiger partial charge on any atom is -0.365 e. The highest BCUT2D eigenvalue weighted by Gasteiger charge is 2.18. The minimum atomic E-state index is -2.78. The monoisotopic (exact) mass is 314 g/mol. The van der Waals surface area contributed by atoms with Crippen LogP contribution in [0.3, 0.4) is 0 Å². The zero-order chi connectivity index (χ0) is 10.9. The second-order valence-electron chi connectivity index (χ2n) is 2.42. The number of aromatic nitrogens is 1. The molecule has 14 heavy (non-hydrogen) atoms. The van der Waals surface area contributed by atoms with E-state index < -0.39 is 23.5 Å². The molecule has 0 bridgehead atoms. The van der Waals surface area contributed by atoms with Gasteiger partial charge in [0.1, 0.15) is 5.56 Å².